The van der Waals surface area contributed by atoms with E-state index in [1.165, 1.54) is 23.0 Å². The maximum atomic E-state index is 13.2. The van der Waals surface area contributed by atoms with Crippen molar-refractivity contribution in [3.05, 3.63) is 76.1 Å². The molecule has 3 aromatic rings. The number of aromatic nitrogens is 2. The highest BCUT2D eigenvalue weighted by Gasteiger charge is 2.39. The second-order valence-corrected chi connectivity index (χ2v) is 7.45. The predicted octanol–water partition coefficient (Wildman–Crippen LogP) is 3.43. The molecule has 0 unspecified atom stereocenters. The van der Waals surface area contributed by atoms with E-state index in [2.05, 4.69) is 10.3 Å². The molecule has 1 fully saturated rings. The van der Waals surface area contributed by atoms with E-state index in [0.717, 1.165) is 30.4 Å². The monoisotopic (exact) mass is 379 g/mol. The van der Waals surface area contributed by atoms with E-state index in [-0.39, 0.29) is 30.2 Å². The van der Waals surface area contributed by atoms with E-state index in [1.807, 2.05) is 19.1 Å². The minimum Gasteiger partial charge on any atom is -0.347 e. The fourth-order valence-electron chi connectivity index (χ4n) is 3.83. The van der Waals surface area contributed by atoms with Crippen LogP contribution in [0.4, 0.5) is 4.39 Å². The third-order valence-electron chi connectivity index (χ3n) is 5.62. The number of hydrogen-bond donors (Lipinski definition) is 1. The molecule has 1 aromatic heterocycles. The first-order chi connectivity index (χ1) is 13.5. The molecular weight excluding hydrogens is 357 g/mol. The van der Waals surface area contributed by atoms with Gasteiger partial charge in [-0.2, -0.15) is 0 Å². The van der Waals surface area contributed by atoms with Crippen LogP contribution in [-0.4, -0.2) is 15.5 Å². The Balaban J connectivity index is 1.47. The molecule has 0 spiro atoms. The maximum Gasteiger partial charge on any atom is 0.261 e. The largest absolute Gasteiger partial charge is 0.347 e. The third kappa shape index (κ3) is 3.30. The van der Waals surface area contributed by atoms with Crippen molar-refractivity contribution in [2.24, 2.45) is 0 Å². The van der Waals surface area contributed by atoms with Gasteiger partial charge in [-0.3, -0.25) is 14.2 Å². The van der Waals surface area contributed by atoms with Gasteiger partial charge in [0.25, 0.3) is 5.56 Å². The molecule has 1 N–H and O–H groups in total. The molecule has 2 aromatic carbocycles. The molecule has 0 bridgehead atoms. The van der Waals surface area contributed by atoms with Gasteiger partial charge in [-0.25, -0.2) is 9.37 Å². The standard InChI is InChI=1S/C22H22FN3O2/c1-15-4-2-5-18-20(15)24-14-26(21(18)28)13-10-19(27)25-22(11-3-12-22)16-6-8-17(23)9-7-16/h2,4-9,14H,3,10-13H2,1H3,(H,25,27). The smallest absolute Gasteiger partial charge is 0.261 e. The van der Waals surface area contributed by atoms with Crippen LogP contribution >= 0.6 is 0 Å². The van der Waals surface area contributed by atoms with Crippen LogP contribution in [0.15, 0.2) is 53.6 Å². The van der Waals surface area contributed by atoms with Crippen molar-refractivity contribution in [1.82, 2.24) is 14.9 Å². The predicted molar refractivity (Wildman–Crippen MR) is 105 cm³/mol. The molecule has 0 atom stereocenters. The normalized spacial score (nSPS) is 15.2. The van der Waals surface area contributed by atoms with Gasteiger partial charge in [0, 0.05) is 13.0 Å². The van der Waals surface area contributed by atoms with Crippen LogP contribution < -0.4 is 10.9 Å². The van der Waals surface area contributed by atoms with Gasteiger partial charge in [-0.15, -0.1) is 0 Å². The summed E-state index contributed by atoms with van der Waals surface area (Å²) in [5.74, 6) is -0.414. The molecule has 0 radical (unpaired) electrons. The first-order valence-corrected chi connectivity index (χ1v) is 9.50. The first-order valence-electron chi connectivity index (χ1n) is 9.50. The van der Waals surface area contributed by atoms with Gasteiger partial charge in [0.05, 0.1) is 22.8 Å². The minimum absolute atomic E-state index is 0.125. The highest BCUT2D eigenvalue weighted by molar-refractivity contribution is 5.80. The van der Waals surface area contributed by atoms with Gasteiger partial charge in [-0.1, -0.05) is 24.3 Å². The fraction of sp³-hybridized carbons (Fsp3) is 0.318. The molecule has 144 valence electrons. The van der Waals surface area contributed by atoms with E-state index in [1.54, 1.807) is 18.2 Å². The van der Waals surface area contributed by atoms with Crippen LogP contribution in [0.25, 0.3) is 10.9 Å². The van der Waals surface area contributed by atoms with Gasteiger partial charge in [0.1, 0.15) is 5.82 Å². The molecule has 1 heterocycles. The second kappa shape index (κ2) is 7.19. The summed E-state index contributed by atoms with van der Waals surface area (Å²) < 4.78 is 14.7. The number of rotatable bonds is 5. The Morgan fingerprint density at radius 3 is 2.64 bits per heavy atom. The number of halogens is 1. The Labute approximate surface area is 162 Å². The molecule has 1 aliphatic rings. The summed E-state index contributed by atoms with van der Waals surface area (Å²) in [6.07, 6.45) is 4.37. The Morgan fingerprint density at radius 2 is 1.96 bits per heavy atom. The average Bonchev–Trinajstić information content (AvgIpc) is 2.66. The number of hydrogen-bond acceptors (Lipinski definition) is 3. The average molecular weight is 379 g/mol. The lowest BCUT2D eigenvalue weighted by Gasteiger charge is -2.43. The topological polar surface area (TPSA) is 64.0 Å². The van der Waals surface area contributed by atoms with Crippen molar-refractivity contribution in [2.75, 3.05) is 0 Å². The number of carbonyl (C=O) groups excluding carboxylic acids is 1. The summed E-state index contributed by atoms with van der Waals surface area (Å²) in [5.41, 5.74) is 2.00. The van der Waals surface area contributed by atoms with Crippen LogP contribution in [0, 0.1) is 12.7 Å². The zero-order valence-corrected chi connectivity index (χ0v) is 15.7. The van der Waals surface area contributed by atoms with Crippen LogP contribution in [0.1, 0.15) is 36.8 Å². The van der Waals surface area contributed by atoms with Crippen LogP contribution in [-0.2, 0) is 16.9 Å². The Hall–Kier alpha value is -3.02. The molecule has 6 heteroatoms. The quantitative estimate of drug-likeness (QED) is 0.739. The zero-order valence-electron chi connectivity index (χ0n) is 15.7. The zero-order chi connectivity index (χ0) is 19.7. The maximum absolute atomic E-state index is 13.2. The molecule has 5 nitrogen and oxygen atoms in total. The summed E-state index contributed by atoms with van der Waals surface area (Å²) in [4.78, 5) is 29.6. The van der Waals surface area contributed by atoms with Crippen molar-refractivity contribution < 1.29 is 9.18 Å². The van der Waals surface area contributed by atoms with Crippen molar-refractivity contribution in [1.29, 1.82) is 0 Å². The van der Waals surface area contributed by atoms with Crippen LogP contribution in [0.3, 0.4) is 0 Å². The SMILES string of the molecule is Cc1cccc2c(=O)n(CCC(=O)NC3(c4ccc(F)cc4)CCC3)cnc12. The number of nitrogens with one attached hydrogen (secondary N) is 1. The van der Waals surface area contributed by atoms with E-state index < -0.39 is 5.54 Å². The molecule has 1 aliphatic carbocycles. The van der Waals surface area contributed by atoms with Crippen LogP contribution in [0.2, 0.25) is 0 Å². The molecular formula is C22H22FN3O2. The number of aryl methyl sites for hydroxylation is 2. The lowest BCUT2D eigenvalue weighted by molar-refractivity contribution is -0.124. The Bertz CT molecular complexity index is 1090. The second-order valence-electron chi connectivity index (χ2n) is 7.45. The molecule has 0 aliphatic heterocycles. The molecule has 28 heavy (non-hydrogen) atoms. The van der Waals surface area contributed by atoms with Crippen molar-refractivity contribution >= 4 is 16.8 Å². The van der Waals surface area contributed by atoms with E-state index >= 15 is 0 Å². The number of carbonyl (C=O) groups is 1. The number of para-hydroxylation sites is 1. The van der Waals surface area contributed by atoms with Gasteiger partial charge in [-0.05, 0) is 55.5 Å². The number of amides is 1. The summed E-state index contributed by atoms with van der Waals surface area (Å²) in [6.45, 7) is 2.18. The van der Waals surface area contributed by atoms with Gasteiger partial charge in [0.15, 0.2) is 0 Å². The number of nitrogens with zero attached hydrogens (tertiary/aromatic N) is 2. The summed E-state index contributed by atoms with van der Waals surface area (Å²) in [5, 5.41) is 3.66. The van der Waals surface area contributed by atoms with E-state index in [0.29, 0.717) is 10.9 Å². The van der Waals surface area contributed by atoms with Crippen molar-refractivity contribution in [3.8, 4) is 0 Å². The van der Waals surface area contributed by atoms with Gasteiger partial charge >= 0.3 is 0 Å². The molecule has 1 amide bonds. The molecule has 0 saturated heterocycles. The number of fused-ring (bicyclic) bond motifs is 1. The molecule has 1 saturated carbocycles. The Kier molecular flexibility index (Phi) is 4.71. The summed E-state index contributed by atoms with van der Waals surface area (Å²) in [6, 6.07) is 11.8. The van der Waals surface area contributed by atoms with Gasteiger partial charge in [0.2, 0.25) is 5.91 Å². The summed E-state index contributed by atoms with van der Waals surface area (Å²) >= 11 is 0. The van der Waals surface area contributed by atoms with Crippen molar-refractivity contribution in [2.45, 2.75) is 44.7 Å². The lowest BCUT2D eigenvalue weighted by Crippen LogP contribution is -2.51. The van der Waals surface area contributed by atoms with Gasteiger partial charge < -0.3 is 5.32 Å². The highest BCUT2D eigenvalue weighted by atomic mass is 19.1. The van der Waals surface area contributed by atoms with E-state index in [4.69, 9.17) is 0 Å². The Morgan fingerprint density at radius 1 is 1.21 bits per heavy atom. The fourth-order valence-corrected chi connectivity index (χ4v) is 3.83. The van der Waals surface area contributed by atoms with Crippen LogP contribution in [0.5, 0.6) is 0 Å². The summed E-state index contributed by atoms with van der Waals surface area (Å²) in [7, 11) is 0. The third-order valence-corrected chi connectivity index (χ3v) is 5.62. The number of benzene rings is 2. The first kappa shape index (κ1) is 18.3. The van der Waals surface area contributed by atoms with E-state index in [9.17, 15) is 14.0 Å². The van der Waals surface area contributed by atoms with Crippen molar-refractivity contribution in [3.63, 3.8) is 0 Å². The molecule has 4 rings (SSSR count). The highest BCUT2D eigenvalue weighted by Crippen LogP contribution is 2.41. The minimum atomic E-state index is -0.422. The lowest BCUT2D eigenvalue weighted by atomic mass is 9.71.